The molecule has 1 fully saturated rings. The van der Waals surface area contributed by atoms with Gasteiger partial charge >= 0.3 is 0 Å². The lowest BCUT2D eigenvalue weighted by Gasteiger charge is -2.30. The zero-order valence-corrected chi connectivity index (χ0v) is 11.5. The summed E-state index contributed by atoms with van der Waals surface area (Å²) in [5.74, 6) is 0.0874. The van der Waals surface area contributed by atoms with Crippen molar-refractivity contribution in [2.75, 3.05) is 13.1 Å². The van der Waals surface area contributed by atoms with Gasteiger partial charge < -0.3 is 4.90 Å². The maximum Gasteiger partial charge on any atom is 0.289 e. The fourth-order valence-electron chi connectivity index (χ4n) is 2.35. The number of nitro benzene ring substituents is 2. The molecule has 8 nitrogen and oxygen atoms in total. The van der Waals surface area contributed by atoms with Crippen molar-refractivity contribution < 1.29 is 14.6 Å². The van der Waals surface area contributed by atoms with Gasteiger partial charge in [0.2, 0.25) is 0 Å². The van der Waals surface area contributed by atoms with E-state index in [1.54, 1.807) is 4.90 Å². The summed E-state index contributed by atoms with van der Waals surface area (Å²) in [7, 11) is 0. The van der Waals surface area contributed by atoms with Crippen LogP contribution in [0.4, 0.5) is 11.4 Å². The number of nitrogens with zero attached hydrogens (tertiary/aromatic N) is 3. The highest BCUT2D eigenvalue weighted by atomic mass is 16.6. The Hall–Kier alpha value is -2.51. The smallest absolute Gasteiger partial charge is 0.289 e. The highest BCUT2D eigenvalue weighted by molar-refractivity contribution is 5.98. The molecule has 1 aliphatic heterocycles. The van der Waals surface area contributed by atoms with Gasteiger partial charge in [0, 0.05) is 19.2 Å². The summed E-state index contributed by atoms with van der Waals surface area (Å²) >= 11 is 0. The van der Waals surface area contributed by atoms with Crippen molar-refractivity contribution in [1.29, 1.82) is 0 Å². The Morgan fingerprint density at radius 1 is 1.19 bits per heavy atom. The molecule has 0 atom stereocenters. The maximum atomic E-state index is 12.4. The Bertz CT molecular complexity index is 593. The Morgan fingerprint density at radius 3 is 2.33 bits per heavy atom. The number of hydrogen-bond acceptors (Lipinski definition) is 5. The van der Waals surface area contributed by atoms with Crippen LogP contribution in [0.2, 0.25) is 0 Å². The van der Waals surface area contributed by atoms with Gasteiger partial charge in [-0.2, -0.15) is 0 Å². The van der Waals surface area contributed by atoms with Crippen LogP contribution < -0.4 is 0 Å². The molecule has 1 aliphatic rings. The third-order valence-electron chi connectivity index (χ3n) is 3.69. The lowest BCUT2D eigenvalue weighted by atomic mass is 9.98. The standard InChI is InChI=1S/C13H15N3O5/c1-9-4-6-14(7-5-9)13(17)11-3-2-10(15(18)19)8-12(11)16(20)21/h2-3,8-9H,4-7H2,1H3. The third kappa shape index (κ3) is 3.15. The minimum absolute atomic E-state index is 0.0971. The molecular weight excluding hydrogens is 278 g/mol. The molecule has 1 amide bonds. The van der Waals surface area contributed by atoms with Gasteiger partial charge in [0.25, 0.3) is 17.3 Å². The molecule has 1 saturated heterocycles. The molecular formula is C13H15N3O5. The van der Waals surface area contributed by atoms with Gasteiger partial charge in [-0.05, 0) is 24.8 Å². The lowest BCUT2D eigenvalue weighted by molar-refractivity contribution is -0.394. The van der Waals surface area contributed by atoms with E-state index in [1.165, 1.54) is 0 Å². The summed E-state index contributed by atoms with van der Waals surface area (Å²) in [6.45, 7) is 3.19. The molecule has 0 radical (unpaired) electrons. The van der Waals surface area contributed by atoms with Gasteiger partial charge in [0.15, 0.2) is 0 Å². The van der Waals surface area contributed by atoms with Crippen molar-refractivity contribution in [3.63, 3.8) is 0 Å². The van der Waals surface area contributed by atoms with Gasteiger partial charge in [-0.3, -0.25) is 25.0 Å². The molecule has 112 valence electrons. The molecule has 21 heavy (non-hydrogen) atoms. The van der Waals surface area contributed by atoms with E-state index in [0.717, 1.165) is 31.0 Å². The summed E-state index contributed by atoms with van der Waals surface area (Å²) in [4.78, 5) is 34.2. The first-order valence-corrected chi connectivity index (χ1v) is 6.62. The second-order valence-corrected chi connectivity index (χ2v) is 5.19. The molecule has 0 saturated carbocycles. The van der Waals surface area contributed by atoms with Crippen LogP contribution >= 0.6 is 0 Å². The predicted octanol–water partition coefficient (Wildman–Crippen LogP) is 2.38. The van der Waals surface area contributed by atoms with Gasteiger partial charge in [-0.15, -0.1) is 0 Å². The zero-order valence-electron chi connectivity index (χ0n) is 11.5. The van der Waals surface area contributed by atoms with Crippen molar-refractivity contribution >= 4 is 17.3 Å². The minimum atomic E-state index is -0.757. The van der Waals surface area contributed by atoms with Crippen LogP contribution in [-0.2, 0) is 0 Å². The molecule has 2 rings (SSSR count). The molecule has 0 aliphatic carbocycles. The number of hydrogen-bond donors (Lipinski definition) is 0. The number of amides is 1. The largest absolute Gasteiger partial charge is 0.338 e. The van der Waals surface area contributed by atoms with Crippen molar-refractivity contribution in [2.24, 2.45) is 5.92 Å². The number of piperidine rings is 1. The van der Waals surface area contributed by atoms with Crippen LogP contribution in [0.1, 0.15) is 30.1 Å². The topological polar surface area (TPSA) is 107 Å². The van der Waals surface area contributed by atoms with Crippen LogP contribution in [0.5, 0.6) is 0 Å². The van der Waals surface area contributed by atoms with E-state index in [-0.39, 0.29) is 5.56 Å². The van der Waals surface area contributed by atoms with Gasteiger partial charge in [-0.25, -0.2) is 0 Å². The molecule has 0 N–H and O–H groups in total. The number of rotatable bonds is 3. The van der Waals surface area contributed by atoms with Crippen LogP contribution in [-0.4, -0.2) is 33.7 Å². The fourth-order valence-corrected chi connectivity index (χ4v) is 2.35. The highest BCUT2D eigenvalue weighted by Crippen LogP contribution is 2.27. The number of non-ortho nitro benzene ring substituents is 1. The van der Waals surface area contributed by atoms with Gasteiger partial charge in [0.05, 0.1) is 15.9 Å². The minimum Gasteiger partial charge on any atom is -0.338 e. The number of carbonyl (C=O) groups is 1. The SMILES string of the molecule is CC1CCN(C(=O)c2ccc([N+](=O)[O-])cc2[N+](=O)[O-])CC1. The number of benzene rings is 1. The van der Waals surface area contributed by atoms with E-state index in [2.05, 4.69) is 6.92 Å². The van der Waals surface area contributed by atoms with Crippen molar-refractivity contribution in [1.82, 2.24) is 4.90 Å². The van der Waals surface area contributed by atoms with Crippen LogP contribution in [0.3, 0.4) is 0 Å². The molecule has 0 unspecified atom stereocenters. The van der Waals surface area contributed by atoms with Crippen molar-refractivity contribution in [2.45, 2.75) is 19.8 Å². The normalized spacial score (nSPS) is 15.8. The van der Waals surface area contributed by atoms with E-state index in [0.29, 0.717) is 19.0 Å². The lowest BCUT2D eigenvalue weighted by Crippen LogP contribution is -2.38. The summed E-state index contributed by atoms with van der Waals surface area (Å²) in [6, 6.07) is 3.11. The Balaban J connectivity index is 2.32. The summed E-state index contributed by atoms with van der Waals surface area (Å²) in [5, 5.41) is 21.7. The highest BCUT2D eigenvalue weighted by Gasteiger charge is 2.29. The van der Waals surface area contributed by atoms with Gasteiger partial charge in [0.1, 0.15) is 5.56 Å². The molecule has 0 aromatic heterocycles. The van der Waals surface area contributed by atoms with E-state index in [4.69, 9.17) is 0 Å². The first-order valence-electron chi connectivity index (χ1n) is 6.62. The first-order chi connectivity index (χ1) is 9.90. The van der Waals surface area contributed by atoms with E-state index < -0.39 is 27.1 Å². The first kappa shape index (κ1) is 14.9. The van der Waals surface area contributed by atoms with Crippen molar-refractivity contribution in [3.8, 4) is 0 Å². The van der Waals surface area contributed by atoms with E-state index in [9.17, 15) is 25.0 Å². The van der Waals surface area contributed by atoms with Crippen LogP contribution in [0.25, 0.3) is 0 Å². The molecule has 1 aromatic carbocycles. The predicted molar refractivity (Wildman–Crippen MR) is 74.1 cm³/mol. The average Bonchev–Trinajstić information content (AvgIpc) is 2.46. The summed E-state index contributed by atoms with van der Waals surface area (Å²) in [5.41, 5.74) is -1.02. The molecule has 0 spiro atoms. The van der Waals surface area contributed by atoms with Crippen molar-refractivity contribution in [3.05, 3.63) is 44.0 Å². The Kier molecular flexibility index (Phi) is 4.15. The fraction of sp³-hybridized carbons (Fsp3) is 0.462. The molecule has 1 aromatic rings. The second kappa shape index (κ2) is 5.86. The van der Waals surface area contributed by atoms with Gasteiger partial charge in [-0.1, -0.05) is 6.92 Å². The van der Waals surface area contributed by atoms with Crippen LogP contribution in [0, 0.1) is 26.1 Å². The number of likely N-dealkylation sites (tertiary alicyclic amines) is 1. The average molecular weight is 293 g/mol. The van der Waals surface area contributed by atoms with Crippen LogP contribution in [0.15, 0.2) is 18.2 Å². The molecule has 0 bridgehead atoms. The Morgan fingerprint density at radius 2 is 1.81 bits per heavy atom. The maximum absolute atomic E-state index is 12.4. The molecule has 8 heteroatoms. The Labute approximate surface area is 120 Å². The third-order valence-corrected chi connectivity index (χ3v) is 3.69. The number of nitro groups is 2. The zero-order chi connectivity index (χ0) is 15.6. The monoisotopic (exact) mass is 293 g/mol. The summed E-state index contributed by atoms with van der Waals surface area (Å²) in [6.07, 6.45) is 1.71. The second-order valence-electron chi connectivity index (χ2n) is 5.19. The summed E-state index contributed by atoms with van der Waals surface area (Å²) < 4.78 is 0. The van der Waals surface area contributed by atoms with E-state index in [1.807, 2.05) is 0 Å². The quantitative estimate of drug-likeness (QED) is 0.628. The number of carbonyl (C=O) groups excluding carboxylic acids is 1. The molecule has 1 heterocycles. The van der Waals surface area contributed by atoms with E-state index >= 15 is 0 Å².